The first-order chi connectivity index (χ1) is 45.8. The SMILES string of the molecule is CC(C)C[C@H](N)C(=O)N[C@@H](CC(N)=O)C(=O)N1CCC[C@H]1C(=O)N[C@@H](CCCCN)C(=O)N[C@H](C(=O)N[C@@H](CC(N)=O)C(=O)N[C@@H](CCCCN)C(=O)N[C@@H](Cc1c[nH]c2ccccc12)C(=O)N[C@@H](CCC(=O)O)C(=O)N[C@@H](CC(=O)O)C(=O)N[C@@H](CCCCN)C(=O)O)[C@@H](C)O. The van der Waals surface area contributed by atoms with Crippen LogP contribution in [-0.4, -0.2) is 218 Å². The van der Waals surface area contributed by atoms with Crippen LogP contribution in [0, 0.1) is 5.92 Å². The topological polar surface area (TPSA) is 620 Å². The first kappa shape index (κ1) is 81.8. The van der Waals surface area contributed by atoms with Gasteiger partial charge in [0.2, 0.25) is 70.9 Å². The van der Waals surface area contributed by atoms with Crippen molar-refractivity contribution in [3.63, 3.8) is 0 Å². The molecule has 36 heteroatoms. The fraction of sp³-hybridized carbons (Fsp3) is 0.623. The molecule has 1 saturated heterocycles. The molecule has 3 rings (SSSR count). The second-order valence-electron chi connectivity index (χ2n) is 24.3. The van der Waals surface area contributed by atoms with Gasteiger partial charge in [0, 0.05) is 36.5 Å². The van der Waals surface area contributed by atoms with E-state index < -0.39 is 193 Å². The Kier molecular flexibility index (Phi) is 35.1. The number of nitrogens with two attached hydrogens (primary N) is 6. The summed E-state index contributed by atoms with van der Waals surface area (Å²) in [7, 11) is 0. The van der Waals surface area contributed by atoms with E-state index in [1.165, 1.54) is 6.20 Å². The molecule has 12 amide bonds. The molecule has 2 aromatic rings. The van der Waals surface area contributed by atoms with Crippen LogP contribution in [0.15, 0.2) is 30.5 Å². The zero-order chi connectivity index (χ0) is 72.6. The van der Waals surface area contributed by atoms with Crippen molar-refractivity contribution in [2.75, 3.05) is 26.2 Å². The van der Waals surface area contributed by atoms with Gasteiger partial charge in [-0.3, -0.25) is 67.1 Å². The van der Waals surface area contributed by atoms with Crippen LogP contribution < -0.4 is 82.3 Å². The number of carbonyl (C=O) groups excluding carboxylic acids is 12. The number of amides is 12. The fourth-order valence-corrected chi connectivity index (χ4v) is 10.7. The summed E-state index contributed by atoms with van der Waals surface area (Å²) >= 11 is 0. The van der Waals surface area contributed by atoms with Crippen molar-refractivity contribution in [3.05, 3.63) is 36.0 Å². The predicted octanol–water partition coefficient (Wildman–Crippen LogP) is -5.62. The third-order valence-electron chi connectivity index (χ3n) is 15.8. The number of rotatable bonds is 46. The number of primary amides is 2. The van der Waals surface area contributed by atoms with E-state index in [0.29, 0.717) is 29.3 Å². The van der Waals surface area contributed by atoms with Crippen LogP contribution in [0.4, 0.5) is 0 Å². The Morgan fingerprint density at radius 2 is 0.990 bits per heavy atom. The summed E-state index contributed by atoms with van der Waals surface area (Å²) in [6, 6.07) is -11.1. The van der Waals surface area contributed by atoms with Crippen molar-refractivity contribution < 1.29 is 92.3 Å². The number of nitrogens with one attached hydrogen (secondary N) is 10. The lowest BCUT2D eigenvalue weighted by Crippen LogP contribution is -2.62. The Morgan fingerprint density at radius 1 is 0.536 bits per heavy atom. The molecule has 0 aliphatic carbocycles. The summed E-state index contributed by atoms with van der Waals surface area (Å²) in [6.07, 6.45) is -3.03. The van der Waals surface area contributed by atoms with Crippen molar-refractivity contribution >= 4 is 99.7 Å². The zero-order valence-electron chi connectivity index (χ0n) is 54.8. The molecular weight excluding hydrogens is 1270 g/mol. The van der Waals surface area contributed by atoms with E-state index in [1.807, 2.05) is 13.8 Å². The van der Waals surface area contributed by atoms with Gasteiger partial charge in [-0.05, 0) is 128 Å². The van der Waals surface area contributed by atoms with Crippen LogP contribution >= 0.6 is 0 Å². The summed E-state index contributed by atoms with van der Waals surface area (Å²) < 4.78 is 0. The van der Waals surface area contributed by atoms with Crippen molar-refractivity contribution in [3.8, 4) is 0 Å². The molecule has 26 N–H and O–H groups in total. The average molecular weight is 1370 g/mol. The number of unbranched alkanes of at least 4 members (excludes halogenated alkanes) is 3. The van der Waals surface area contributed by atoms with Gasteiger partial charge in [-0.1, -0.05) is 32.0 Å². The Morgan fingerprint density at radius 3 is 1.52 bits per heavy atom. The third kappa shape index (κ3) is 28.1. The van der Waals surface area contributed by atoms with Gasteiger partial charge in [-0.15, -0.1) is 0 Å². The quantitative estimate of drug-likeness (QED) is 0.0275. The van der Waals surface area contributed by atoms with Gasteiger partial charge in [0.1, 0.15) is 60.4 Å². The van der Waals surface area contributed by atoms with Gasteiger partial charge in [-0.2, -0.15) is 0 Å². The third-order valence-corrected chi connectivity index (χ3v) is 15.8. The molecule has 0 saturated carbocycles. The number of hydrogen-bond acceptors (Lipinski definition) is 20. The normalized spacial score (nSPS) is 16.2. The van der Waals surface area contributed by atoms with Crippen molar-refractivity contribution in [1.29, 1.82) is 0 Å². The van der Waals surface area contributed by atoms with Crippen molar-refractivity contribution in [2.24, 2.45) is 40.3 Å². The van der Waals surface area contributed by atoms with Crippen molar-refractivity contribution in [1.82, 2.24) is 57.7 Å². The maximum absolute atomic E-state index is 14.7. The molecule has 1 fully saturated rings. The second-order valence-corrected chi connectivity index (χ2v) is 24.3. The number of aromatic nitrogens is 1. The zero-order valence-corrected chi connectivity index (χ0v) is 54.8. The number of aliphatic carboxylic acids is 3. The van der Waals surface area contributed by atoms with Crippen LogP contribution in [0.2, 0.25) is 0 Å². The molecule has 97 heavy (non-hydrogen) atoms. The number of fused-ring (bicyclic) bond motifs is 1. The summed E-state index contributed by atoms with van der Waals surface area (Å²) in [4.78, 5) is 205. The smallest absolute Gasteiger partial charge is 0.326 e. The molecule has 1 aromatic carbocycles. The lowest BCUT2D eigenvalue weighted by Gasteiger charge is -2.30. The Balaban J connectivity index is 1.97. The van der Waals surface area contributed by atoms with Crippen LogP contribution in [0.25, 0.3) is 10.9 Å². The molecule has 12 atom stereocenters. The maximum Gasteiger partial charge on any atom is 0.326 e. The number of aliphatic hydroxyl groups is 1. The molecular formula is C61H97N17O19. The minimum absolute atomic E-state index is 0.000105. The van der Waals surface area contributed by atoms with Gasteiger partial charge < -0.3 is 113 Å². The number of carboxylic acid groups (broad SMARTS) is 3. The monoisotopic (exact) mass is 1370 g/mol. The van der Waals surface area contributed by atoms with Crippen LogP contribution in [-0.2, 0) is 78.3 Å². The van der Waals surface area contributed by atoms with Gasteiger partial charge in [-0.25, -0.2) is 4.79 Å². The largest absolute Gasteiger partial charge is 0.481 e. The van der Waals surface area contributed by atoms with E-state index in [4.69, 9.17) is 34.4 Å². The maximum atomic E-state index is 14.7. The highest BCUT2D eigenvalue weighted by atomic mass is 16.4. The number of hydrogen-bond donors (Lipinski definition) is 20. The van der Waals surface area contributed by atoms with E-state index in [9.17, 15) is 92.3 Å². The number of likely N-dealkylation sites (tertiary alicyclic amines) is 1. The molecule has 1 aromatic heterocycles. The Labute approximate surface area is 559 Å². The predicted molar refractivity (Wildman–Crippen MR) is 346 cm³/mol. The summed E-state index contributed by atoms with van der Waals surface area (Å²) in [5.74, 6) is -17.4. The summed E-state index contributed by atoms with van der Waals surface area (Å²) in [5, 5.41) is 62.1. The summed E-state index contributed by atoms with van der Waals surface area (Å²) in [5.41, 5.74) is 35.1. The molecule has 36 nitrogen and oxygen atoms in total. The van der Waals surface area contributed by atoms with Crippen LogP contribution in [0.5, 0.6) is 0 Å². The molecule has 2 heterocycles. The van der Waals surface area contributed by atoms with E-state index in [1.54, 1.807) is 24.3 Å². The highest BCUT2D eigenvalue weighted by molar-refractivity contribution is 6.01. The lowest BCUT2D eigenvalue weighted by molar-refractivity contribution is -0.144. The second kappa shape index (κ2) is 41.5. The van der Waals surface area contributed by atoms with E-state index in [-0.39, 0.29) is 103 Å². The minimum atomic E-state index is -1.97. The van der Waals surface area contributed by atoms with E-state index >= 15 is 0 Å². The van der Waals surface area contributed by atoms with Gasteiger partial charge in [0.25, 0.3) is 0 Å². The van der Waals surface area contributed by atoms with Gasteiger partial charge in [0.15, 0.2) is 0 Å². The molecule has 0 spiro atoms. The highest BCUT2D eigenvalue weighted by Crippen LogP contribution is 2.22. The first-order valence-electron chi connectivity index (χ1n) is 32.2. The number of benzene rings is 1. The molecule has 1 aliphatic rings. The Bertz CT molecular complexity index is 3070. The Hall–Kier alpha value is -9.39. The van der Waals surface area contributed by atoms with Gasteiger partial charge in [0.05, 0.1) is 31.4 Å². The summed E-state index contributed by atoms with van der Waals surface area (Å²) in [6.45, 7) is 5.20. The van der Waals surface area contributed by atoms with Crippen LogP contribution in [0.3, 0.4) is 0 Å². The number of para-hydroxylation sites is 1. The molecule has 0 radical (unpaired) electrons. The molecule has 0 unspecified atom stereocenters. The van der Waals surface area contributed by atoms with Crippen LogP contribution in [0.1, 0.15) is 135 Å². The minimum Gasteiger partial charge on any atom is -0.481 e. The first-order valence-corrected chi connectivity index (χ1v) is 32.2. The standard InChI is InChI=1S/C61H97N17O19/c1-31(2)25-35(65)51(86)76-44(28-47(67)81)60(95)78-24-12-18-45(78)58(93)71-38(16-7-10-22-63)54(89)77-50(32(3)79)59(94)75-42(27-46(66)80)56(91)69-37(15-6-9-21-62)52(87)73-41(26-33-30-68-36-14-5-4-13-34(33)36)55(90)70-39(19-20-48(82)83)53(88)74-43(29-49(84)85)57(92)72-40(61(96)97)17-8-11-23-64/h4-5,13-14,30-32,35,37-45,50,68,79H,6-12,15-29,62-65H2,1-3H3,(H2,66,80)(H2,67,81)(H,69,91)(H,70,90)(H,71,93)(H,72,92)(H,73,87)(H,74,88)(H,75,94)(H,76,86)(H,77,89)(H,82,83)(H,84,85)(H,96,97)/t32-,35+,37+,38+,39+,40+,41+,42+,43+,44+,45+,50+/m1/s1. The average Bonchev–Trinajstić information content (AvgIpc) is 1.75. The number of H-pyrrole nitrogens is 1. The van der Waals surface area contributed by atoms with Gasteiger partial charge >= 0.3 is 17.9 Å². The molecule has 540 valence electrons. The molecule has 1 aliphatic heterocycles. The fourth-order valence-electron chi connectivity index (χ4n) is 10.7. The number of carbonyl (C=O) groups is 15. The highest BCUT2D eigenvalue weighted by Gasteiger charge is 2.42. The number of aromatic amines is 1. The lowest BCUT2D eigenvalue weighted by atomic mass is 10.0. The van der Waals surface area contributed by atoms with E-state index in [0.717, 1.165) is 11.8 Å². The number of nitrogens with zero attached hydrogens (tertiary/aromatic N) is 1. The number of aliphatic hydroxyl groups excluding tert-OH is 1. The molecule has 0 bridgehead atoms. The van der Waals surface area contributed by atoms with E-state index in [2.05, 4.69) is 52.8 Å². The van der Waals surface area contributed by atoms with Crippen molar-refractivity contribution in [2.45, 2.75) is 209 Å². The number of carboxylic acids is 3.